The highest BCUT2D eigenvalue weighted by molar-refractivity contribution is 6.05. The number of phenolic OH excluding ortho intramolecular Hbond substituents is 2. The van der Waals surface area contributed by atoms with E-state index in [0.29, 0.717) is 16.7 Å². The van der Waals surface area contributed by atoms with Crippen LogP contribution in [0.2, 0.25) is 0 Å². The molecule has 0 bridgehead atoms. The zero-order valence-electron chi connectivity index (χ0n) is 20.2. The van der Waals surface area contributed by atoms with Gasteiger partial charge in [0.05, 0.1) is 5.56 Å². The highest BCUT2D eigenvalue weighted by atomic mass is 16.3. The fourth-order valence-electron chi connectivity index (χ4n) is 4.61. The molecule has 0 heterocycles. The highest BCUT2D eigenvalue weighted by Crippen LogP contribution is 2.55. The van der Waals surface area contributed by atoms with Gasteiger partial charge in [-0.1, -0.05) is 120 Å². The summed E-state index contributed by atoms with van der Waals surface area (Å²) in [6.45, 7) is 6.13. The van der Waals surface area contributed by atoms with Crippen LogP contribution in [0.1, 0.15) is 16.7 Å². The molecule has 35 heavy (non-hydrogen) atoms. The lowest BCUT2D eigenvalue weighted by Gasteiger charge is -2.23. The van der Waals surface area contributed by atoms with Gasteiger partial charge in [0.15, 0.2) is 0 Å². The lowest BCUT2D eigenvalue weighted by molar-refractivity contribution is 0.457. The van der Waals surface area contributed by atoms with E-state index in [-0.39, 0.29) is 11.5 Å². The van der Waals surface area contributed by atoms with E-state index in [2.05, 4.69) is 38.1 Å². The molecule has 0 aliphatic rings. The van der Waals surface area contributed by atoms with Crippen molar-refractivity contribution in [1.29, 1.82) is 0 Å². The number of aromatic hydroxyl groups is 2. The maximum Gasteiger partial charge on any atom is 0.135 e. The van der Waals surface area contributed by atoms with Gasteiger partial charge in [0, 0.05) is 16.7 Å². The third kappa shape index (κ3) is 4.20. The minimum Gasteiger partial charge on any atom is -0.506 e. The highest BCUT2D eigenvalue weighted by Gasteiger charge is 2.27. The van der Waals surface area contributed by atoms with E-state index >= 15 is 0 Å². The molecule has 0 atom stereocenters. The predicted molar refractivity (Wildman–Crippen MR) is 146 cm³/mol. The van der Waals surface area contributed by atoms with Crippen LogP contribution in [-0.4, -0.2) is 10.2 Å². The van der Waals surface area contributed by atoms with Crippen molar-refractivity contribution in [1.82, 2.24) is 0 Å². The summed E-state index contributed by atoms with van der Waals surface area (Å²) in [5.74, 6) is 0.148. The SMILES string of the molecule is Cc1ccc(-c2c(O)c(-c3ccccc3)c(-c3ccc(C)cc3)c(-c3ccc(C)cc3)c2O)cc1. The summed E-state index contributed by atoms with van der Waals surface area (Å²) in [7, 11) is 0. The molecule has 0 aliphatic carbocycles. The molecule has 0 radical (unpaired) electrons. The molecule has 0 fully saturated rings. The largest absolute Gasteiger partial charge is 0.506 e. The average Bonchev–Trinajstić information content (AvgIpc) is 2.87. The van der Waals surface area contributed by atoms with Crippen LogP contribution in [0.5, 0.6) is 11.5 Å². The van der Waals surface area contributed by atoms with Crippen LogP contribution in [0.25, 0.3) is 44.5 Å². The van der Waals surface area contributed by atoms with E-state index in [1.54, 1.807) is 0 Å². The van der Waals surface area contributed by atoms with Gasteiger partial charge in [-0.25, -0.2) is 0 Å². The van der Waals surface area contributed by atoms with Crippen LogP contribution in [-0.2, 0) is 0 Å². The Morgan fingerprint density at radius 1 is 0.343 bits per heavy atom. The Morgan fingerprint density at radius 2 is 0.657 bits per heavy atom. The number of rotatable bonds is 4. The first kappa shape index (κ1) is 22.5. The molecule has 0 unspecified atom stereocenters. The fourth-order valence-corrected chi connectivity index (χ4v) is 4.61. The third-order valence-electron chi connectivity index (χ3n) is 6.53. The number of aryl methyl sites for hydroxylation is 3. The second-order valence-corrected chi connectivity index (χ2v) is 9.16. The summed E-state index contributed by atoms with van der Waals surface area (Å²) < 4.78 is 0. The molecule has 0 amide bonds. The zero-order valence-corrected chi connectivity index (χ0v) is 20.2. The standard InChI is InChI=1S/C33H28O2/c1-21-9-15-25(16-10-21)28-29(24-7-5-4-6-8-24)32(34)31(27-19-13-23(3)14-20-27)33(35)30(28)26-17-11-22(2)12-18-26/h4-20,34-35H,1-3H3. The first-order valence-electron chi connectivity index (χ1n) is 11.8. The van der Waals surface area contributed by atoms with Crippen LogP contribution in [0, 0.1) is 20.8 Å². The summed E-state index contributed by atoms with van der Waals surface area (Å²) in [5.41, 5.74) is 9.57. The number of benzene rings is 5. The second kappa shape index (κ2) is 9.15. The van der Waals surface area contributed by atoms with E-state index in [1.807, 2.05) is 85.8 Å². The van der Waals surface area contributed by atoms with E-state index in [4.69, 9.17) is 0 Å². The number of phenols is 2. The lowest BCUT2D eigenvalue weighted by atomic mass is 9.82. The molecule has 2 nitrogen and oxygen atoms in total. The van der Waals surface area contributed by atoms with E-state index < -0.39 is 0 Å². The van der Waals surface area contributed by atoms with Crippen LogP contribution in [0.3, 0.4) is 0 Å². The number of hydrogen-bond donors (Lipinski definition) is 2. The summed E-state index contributed by atoms with van der Waals surface area (Å²) in [6.07, 6.45) is 0. The van der Waals surface area contributed by atoms with Gasteiger partial charge in [0.1, 0.15) is 11.5 Å². The van der Waals surface area contributed by atoms with Gasteiger partial charge in [-0.05, 0) is 43.0 Å². The lowest BCUT2D eigenvalue weighted by Crippen LogP contribution is -1.96. The van der Waals surface area contributed by atoms with E-state index in [9.17, 15) is 10.2 Å². The summed E-state index contributed by atoms with van der Waals surface area (Å²) in [5, 5.41) is 23.6. The first-order valence-corrected chi connectivity index (χ1v) is 11.8. The quantitative estimate of drug-likeness (QED) is 0.284. The Kier molecular flexibility index (Phi) is 5.88. The van der Waals surface area contributed by atoms with Gasteiger partial charge < -0.3 is 10.2 Å². The van der Waals surface area contributed by atoms with Gasteiger partial charge in [0.25, 0.3) is 0 Å². The molecule has 2 N–H and O–H groups in total. The van der Waals surface area contributed by atoms with Crippen molar-refractivity contribution in [2.45, 2.75) is 20.8 Å². The van der Waals surface area contributed by atoms with Crippen LogP contribution in [0.15, 0.2) is 103 Å². The molecule has 0 aromatic heterocycles. The van der Waals surface area contributed by atoms with Crippen molar-refractivity contribution >= 4 is 0 Å². The Balaban J connectivity index is 1.96. The smallest absolute Gasteiger partial charge is 0.135 e. The maximum absolute atomic E-state index is 11.8. The Morgan fingerprint density at radius 3 is 1.06 bits per heavy atom. The molecule has 5 rings (SSSR count). The summed E-state index contributed by atoms with van der Waals surface area (Å²) in [6, 6.07) is 34.2. The molecule has 0 saturated carbocycles. The predicted octanol–water partition coefficient (Wildman–Crippen LogP) is 8.69. The fraction of sp³-hybridized carbons (Fsp3) is 0.0909. The van der Waals surface area contributed by atoms with Gasteiger partial charge >= 0.3 is 0 Å². The monoisotopic (exact) mass is 456 g/mol. The van der Waals surface area contributed by atoms with Crippen molar-refractivity contribution in [3.63, 3.8) is 0 Å². The van der Waals surface area contributed by atoms with Crippen molar-refractivity contribution in [3.05, 3.63) is 120 Å². The minimum absolute atomic E-state index is 0.0731. The number of hydrogen-bond acceptors (Lipinski definition) is 2. The summed E-state index contributed by atoms with van der Waals surface area (Å²) >= 11 is 0. The van der Waals surface area contributed by atoms with Crippen LogP contribution < -0.4 is 0 Å². The molecule has 2 heteroatoms. The van der Waals surface area contributed by atoms with Crippen LogP contribution in [0.4, 0.5) is 0 Å². The minimum atomic E-state index is 0.0731. The molecular formula is C33H28O2. The molecule has 0 saturated heterocycles. The van der Waals surface area contributed by atoms with Crippen molar-refractivity contribution in [2.24, 2.45) is 0 Å². The third-order valence-corrected chi connectivity index (χ3v) is 6.53. The normalized spacial score (nSPS) is 10.9. The van der Waals surface area contributed by atoms with Crippen molar-refractivity contribution in [3.8, 4) is 56.0 Å². The molecule has 0 aliphatic heterocycles. The topological polar surface area (TPSA) is 40.5 Å². The average molecular weight is 457 g/mol. The van der Waals surface area contributed by atoms with Gasteiger partial charge in [0.2, 0.25) is 0 Å². The van der Waals surface area contributed by atoms with Gasteiger partial charge in [-0.3, -0.25) is 0 Å². The first-order chi connectivity index (χ1) is 16.9. The van der Waals surface area contributed by atoms with E-state index in [1.165, 1.54) is 0 Å². The summed E-state index contributed by atoms with van der Waals surface area (Å²) in [4.78, 5) is 0. The van der Waals surface area contributed by atoms with E-state index in [0.717, 1.165) is 44.5 Å². The van der Waals surface area contributed by atoms with Crippen molar-refractivity contribution < 1.29 is 10.2 Å². The maximum atomic E-state index is 11.8. The molecule has 0 spiro atoms. The molecule has 172 valence electrons. The van der Waals surface area contributed by atoms with Crippen LogP contribution >= 0.6 is 0 Å². The molecular weight excluding hydrogens is 428 g/mol. The molecule has 5 aromatic rings. The van der Waals surface area contributed by atoms with Gasteiger partial charge in [-0.15, -0.1) is 0 Å². The zero-order chi connectivity index (χ0) is 24.5. The Hall–Kier alpha value is -4.30. The van der Waals surface area contributed by atoms with Gasteiger partial charge in [-0.2, -0.15) is 0 Å². The molecule has 5 aromatic carbocycles. The second-order valence-electron chi connectivity index (χ2n) is 9.16. The Bertz CT molecular complexity index is 1480. The van der Waals surface area contributed by atoms with Crippen molar-refractivity contribution in [2.75, 3.05) is 0 Å². The Labute approximate surface area is 206 Å².